The monoisotopic (exact) mass is 382 g/mol. The molecule has 3 amide bonds. The van der Waals surface area contributed by atoms with Gasteiger partial charge in [-0.25, -0.2) is 14.1 Å². The summed E-state index contributed by atoms with van der Waals surface area (Å²) in [7, 11) is 0. The molecule has 0 fully saturated rings. The highest BCUT2D eigenvalue weighted by Crippen LogP contribution is 2.21. The van der Waals surface area contributed by atoms with Gasteiger partial charge in [0.05, 0.1) is 16.9 Å². The second-order valence-electron chi connectivity index (χ2n) is 6.00. The molecule has 0 saturated heterocycles. The molecule has 0 bridgehead atoms. The van der Waals surface area contributed by atoms with E-state index in [1.165, 1.54) is 36.4 Å². The maximum absolute atomic E-state index is 13.7. The number of rotatable bonds is 5. The first-order valence-corrected chi connectivity index (χ1v) is 8.24. The van der Waals surface area contributed by atoms with E-state index in [0.717, 1.165) is 22.6 Å². The lowest BCUT2D eigenvalue weighted by Crippen LogP contribution is -2.29. The smallest absolute Gasteiger partial charge is 0.338 e. The van der Waals surface area contributed by atoms with Crippen molar-refractivity contribution in [1.82, 2.24) is 0 Å². The van der Waals surface area contributed by atoms with Gasteiger partial charge in [0.25, 0.3) is 17.7 Å². The predicted molar refractivity (Wildman–Crippen MR) is 98.1 cm³/mol. The maximum atomic E-state index is 13.7. The predicted octanol–water partition coefficient (Wildman–Crippen LogP) is 2.36. The highest BCUT2D eigenvalue weighted by Gasteiger charge is 2.25. The van der Waals surface area contributed by atoms with Gasteiger partial charge in [-0.05, 0) is 42.8 Å². The van der Waals surface area contributed by atoms with Gasteiger partial charge in [-0.3, -0.25) is 14.4 Å². The third-order valence-electron chi connectivity index (χ3n) is 3.88. The summed E-state index contributed by atoms with van der Waals surface area (Å²) in [6.45, 7) is 1.12. The van der Waals surface area contributed by atoms with Crippen molar-refractivity contribution in [1.29, 1.82) is 0 Å². The van der Waals surface area contributed by atoms with E-state index in [9.17, 15) is 23.6 Å². The van der Waals surface area contributed by atoms with Gasteiger partial charge >= 0.3 is 5.97 Å². The minimum absolute atomic E-state index is 0.0124. The second-order valence-corrected chi connectivity index (χ2v) is 6.00. The SMILES string of the molecule is Cc1ccc(F)c(NC(=O)COC(=O)c2cccc(N3C(=O)C=CC3=O)c2)c1. The molecule has 28 heavy (non-hydrogen) atoms. The van der Waals surface area contributed by atoms with Crippen LogP contribution in [0.4, 0.5) is 15.8 Å². The van der Waals surface area contributed by atoms with Crippen molar-refractivity contribution in [2.75, 3.05) is 16.8 Å². The molecule has 2 aromatic carbocycles. The first kappa shape index (κ1) is 19.0. The molecule has 0 aliphatic carbocycles. The van der Waals surface area contributed by atoms with Crippen LogP contribution in [-0.2, 0) is 19.1 Å². The van der Waals surface area contributed by atoms with Crippen molar-refractivity contribution >= 4 is 35.1 Å². The molecular formula is C20H15FN2O5. The molecule has 0 atom stereocenters. The Kier molecular flexibility index (Phi) is 5.30. The van der Waals surface area contributed by atoms with Crippen molar-refractivity contribution in [2.45, 2.75) is 6.92 Å². The van der Waals surface area contributed by atoms with Crippen LogP contribution in [-0.4, -0.2) is 30.3 Å². The second kappa shape index (κ2) is 7.83. The van der Waals surface area contributed by atoms with E-state index < -0.39 is 36.1 Å². The van der Waals surface area contributed by atoms with Gasteiger partial charge in [0.1, 0.15) is 5.82 Å². The van der Waals surface area contributed by atoms with Crippen LogP contribution in [0.1, 0.15) is 15.9 Å². The zero-order valence-electron chi connectivity index (χ0n) is 14.8. The largest absolute Gasteiger partial charge is 0.452 e. The fourth-order valence-corrected chi connectivity index (χ4v) is 2.56. The molecule has 0 saturated carbocycles. The van der Waals surface area contributed by atoms with Crippen molar-refractivity contribution in [3.05, 3.63) is 71.6 Å². The zero-order valence-corrected chi connectivity index (χ0v) is 14.8. The van der Waals surface area contributed by atoms with Gasteiger partial charge in [-0.2, -0.15) is 0 Å². The van der Waals surface area contributed by atoms with Gasteiger partial charge in [-0.15, -0.1) is 0 Å². The third-order valence-corrected chi connectivity index (χ3v) is 3.88. The van der Waals surface area contributed by atoms with E-state index in [0.29, 0.717) is 0 Å². The van der Waals surface area contributed by atoms with Crippen LogP contribution < -0.4 is 10.2 Å². The zero-order chi connectivity index (χ0) is 20.3. The Labute approximate surface area is 159 Å². The fraction of sp³-hybridized carbons (Fsp3) is 0.100. The Morgan fingerprint density at radius 1 is 1.07 bits per heavy atom. The lowest BCUT2D eigenvalue weighted by atomic mass is 10.2. The standard InChI is InChI=1S/C20H15FN2O5/c1-12-5-6-15(21)16(9-12)22-17(24)11-28-20(27)13-3-2-4-14(10-13)23-18(25)7-8-19(23)26/h2-10H,11H2,1H3,(H,22,24). The molecule has 1 heterocycles. The van der Waals surface area contributed by atoms with Crippen LogP contribution in [0.3, 0.4) is 0 Å². The molecule has 142 valence electrons. The summed E-state index contributed by atoms with van der Waals surface area (Å²) < 4.78 is 18.6. The van der Waals surface area contributed by atoms with Crippen LogP contribution in [0.15, 0.2) is 54.6 Å². The normalized spacial score (nSPS) is 13.0. The number of nitrogens with zero attached hydrogens (tertiary/aromatic N) is 1. The van der Waals surface area contributed by atoms with Crippen LogP contribution in [0, 0.1) is 12.7 Å². The van der Waals surface area contributed by atoms with Gasteiger partial charge < -0.3 is 10.1 Å². The Bertz CT molecular complexity index is 997. The molecule has 8 heteroatoms. The highest BCUT2D eigenvalue weighted by atomic mass is 19.1. The van der Waals surface area contributed by atoms with E-state index in [1.807, 2.05) is 0 Å². The van der Waals surface area contributed by atoms with Crippen molar-refractivity contribution in [3.8, 4) is 0 Å². The third kappa shape index (κ3) is 4.12. The maximum Gasteiger partial charge on any atom is 0.338 e. The number of halogens is 1. The first-order valence-electron chi connectivity index (χ1n) is 8.24. The lowest BCUT2D eigenvalue weighted by Gasteiger charge is -2.14. The number of carbonyl (C=O) groups is 4. The number of nitrogens with one attached hydrogen (secondary N) is 1. The number of esters is 1. The average Bonchev–Trinajstić information content (AvgIpc) is 3.01. The Balaban J connectivity index is 1.63. The molecular weight excluding hydrogens is 367 g/mol. The molecule has 1 aliphatic rings. The molecule has 0 radical (unpaired) electrons. The number of amides is 3. The number of hydrogen-bond acceptors (Lipinski definition) is 5. The Morgan fingerprint density at radius 3 is 2.50 bits per heavy atom. The molecule has 2 aromatic rings. The van der Waals surface area contributed by atoms with Gasteiger partial charge in [0, 0.05) is 12.2 Å². The summed E-state index contributed by atoms with van der Waals surface area (Å²) in [6, 6.07) is 9.93. The number of imide groups is 1. The lowest BCUT2D eigenvalue weighted by molar-refractivity contribution is -0.120. The van der Waals surface area contributed by atoms with Crippen molar-refractivity contribution in [2.24, 2.45) is 0 Å². The molecule has 7 nitrogen and oxygen atoms in total. The number of aryl methyl sites for hydroxylation is 1. The van der Waals surface area contributed by atoms with Gasteiger partial charge in [0.15, 0.2) is 6.61 Å². The minimum atomic E-state index is -0.825. The van der Waals surface area contributed by atoms with E-state index in [2.05, 4.69) is 5.32 Å². The number of benzene rings is 2. The Hall–Kier alpha value is -3.81. The average molecular weight is 382 g/mol. The summed E-state index contributed by atoms with van der Waals surface area (Å²) >= 11 is 0. The number of carbonyl (C=O) groups excluding carboxylic acids is 4. The highest BCUT2D eigenvalue weighted by molar-refractivity contribution is 6.28. The summed E-state index contributed by atoms with van der Waals surface area (Å²) in [4.78, 5) is 48.4. The van der Waals surface area contributed by atoms with Crippen molar-refractivity contribution < 1.29 is 28.3 Å². The van der Waals surface area contributed by atoms with Crippen molar-refractivity contribution in [3.63, 3.8) is 0 Å². The molecule has 0 aromatic heterocycles. The van der Waals surface area contributed by atoms with Gasteiger partial charge in [0.2, 0.25) is 0 Å². The summed E-state index contributed by atoms with van der Waals surface area (Å²) in [5.41, 5.74) is 1.01. The molecule has 0 spiro atoms. The molecule has 1 aliphatic heterocycles. The van der Waals surface area contributed by atoms with E-state index in [4.69, 9.17) is 4.74 Å². The van der Waals surface area contributed by atoms with E-state index in [-0.39, 0.29) is 16.9 Å². The topological polar surface area (TPSA) is 92.8 Å². The summed E-state index contributed by atoms with van der Waals surface area (Å²) in [6.07, 6.45) is 2.25. The van der Waals surface area contributed by atoms with Crippen LogP contribution >= 0.6 is 0 Å². The van der Waals surface area contributed by atoms with Crippen LogP contribution in [0.25, 0.3) is 0 Å². The summed E-state index contributed by atoms with van der Waals surface area (Å²) in [5, 5.41) is 2.33. The Morgan fingerprint density at radius 2 is 1.79 bits per heavy atom. The minimum Gasteiger partial charge on any atom is -0.452 e. The summed E-state index contributed by atoms with van der Waals surface area (Å²) in [5.74, 6) is -3.17. The quantitative estimate of drug-likeness (QED) is 0.633. The van der Waals surface area contributed by atoms with E-state index in [1.54, 1.807) is 13.0 Å². The molecule has 1 N–H and O–H groups in total. The number of hydrogen-bond donors (Lipinski definition) is 1. The van der Waals surface area contributed by atoms with Crippen LogP contribution in [0.2, 0.25) is 0 Å². The van der Waals surface area contributed by atoms with Gasteiger partial charge in [-0.1, -0.05) is 12.1 Å². The van der Waals surface area contributed by atoms with E-state index >= 15 is 0 Å². The fourth-order valence-electron chi connectivity index (χ4n) is 2.56. The number of anilines is 2. The van der Waals surface area contributed by atoms with Crippen LogP contribution in [0.5, 0.6) is 0 Å². The molecule has 0 unspecified atom stereocenters. The molecule has 3 rings (SSSR count). The number of ether oxygens (including phenoxy) is 1. The first-order chi connectivity index (χ1) is 13.3.